The molecule has 0 saturated heterocycles. The Hall–Kier alpha value is -2.54. The summed E-state index contributed by atoms with van der Waals surface area (Å²) in [5.74, 6) is 0. The molecule has 0 N–H and O–H groups in total. The van der Waals surface area contributed by atoms with Crippen molar-refractivity contribution in [3.8, 4) is 19.5 Å². The number of thiophene rings is 3. The fourth-order valence-electron chi connectivity index (χ4n) is 2.55. The van der Waals surface area contributed by atoms with E-state index in [-0.39, 0.29) is 10.6 Å². The molecule has 6 heteroatoms. The first-order valence-electron chi connectivity index (χ1n) is 7.85. The van der Waals surface area contributed by atoms with Gasteiger partial charge in [0.05, 0.1) is 9.80 Å². The molecular weight excluding hydrogens is 382 g/mol. The van der Waals surface area contributed by atoms with E-state index in [4.69, 9.17) is 0 Å². The first-order valence-corrected chi connectivity index (χ1v) is 10.4. The van der Waals surface area contributed by atoms with Crippen LogP contribution in [0.4, 0.5) is 5.69 Å². The van der Waals surface area contributed by atoms with Gasteiger partial charge in [-0.15, -0.1) is 34.0 Å². The average molecular weight is 396 g/mol. The lowest BCUT2D eigenvalue weighted by Crippen LogP contribution is -1.86. The van der Waals surface area contributed by atoms with Crippen molar-refractivity contribution in [3.63, 3.8) is 0 Å². The van der Waals surface area contributed by atoms with Gasteiger partial charge in [0.15, 0.2) is 0 Å². The van der Waals surface area contributed by atoms with Gasteiger partial charge in [0.2, 0.25) is 0 Å². The van der Waals surface area contributed by atoms with E-state index in [9.17, 15) is 10.1 Å². The number of hydrogen-bond acceptors (Lipinski definition) is 5. The average Bonchev–Trinajstić information content (AvgIpc) is 3.40. The molecule has 0 bridgehead atoms. The van der Waals surface area contributed by atoms with Crippen LogP contribution in [-0.4, -0.2) is 4.92 Å². The topological polar surface area (TPSA) is 43.1 Å². The lowest BCUT2D eigenvalue weighted by Gasteiger charge is -1.97. The summed E-state index contributed by atoms with van der Waals surface area (Å²) in [5.41, 5.74) is 2.21. The van der Waals surface area contributed by atoms with Crippen molar-refractivity contribution in [1.29, 1.82) is 0 Å². The zero-order chi connectivity index (χ0) is 17.9. The first kappa shape index (κ1) is 16.9. The molecule has 0 spiro atoms. The molecule has 0 aliphatic heterocycles. The van der Waals surface area contributed by atoms with Crippen LogP contribution >= 0.6 is 34.0 Å². The summed E-state index contributed by atoms with van der Waals surface area (Å²) in [7, 11) is 0. The predicted octanol–water partition coefficient (Wildman–Crippen LogP) is 7.28. The summed E-state index contributed by atoms with van der Waals surface area (Å²) in [6, 6.07) is 17.3. The van der Waals surface area contributed by atoms with Crippen LogP contribution in [0, 0.1) is 10.1 Å². The Morgan fingerprint density at radius 2 is 1.62 bits per heavy atom. The van der Waals surface area contributed by atoms with Gasteiger partial charge >= 0.3 is 0 Å². The lowest BCUT2D eigenvalue weighted by molar-refractivity contribution is -0.384. The summed E-state index contributed by atoms with van der Waals surface area (Å²) in [6.07, 6.45) is 4.06. The lowest BCUT2D eigenvalue weighted by atomic mass is 10.1. The van der Waals surface area contributed by atoms with Crippen LogP contribution in [0.5, 0.6) is 0 Å². The van der Waals surface area contributed by atoms with Crippen molar-refractivity contribution in [2.45, 2.75) is 0 Å². The molecule has 4 rings (SSSR count). The van der Waals surface area contributed by atoms with E-state index >= 15 is 0 Å². The summed E-state index contributed by atoms with van der Waals surface area (Å²) < 4.78 is 0. The third-order valence-corrected chi connectivity index (χ3v) is 7.11. The highest BCUT2D eigenvalue weighted by Gasteiger charge is 2.10. The van der Waals surface area contributed by atoms with Gasteiger partial charge in [-0.3, -0.25) is 10.1 Å². The van der Waals surface area contributed by atoms with Gasteiger partial charge in [0.25, 0.3) is 5.69 Å². The minimum Gasteiger partial charge on any atom is -0.258 e. The van der Waals surface area contributed by atoms with Crippen LogP contribution in [0.25, 0.3) is 31.7 Å². The van der Waals surface area contributed by atoms with Gasteiger partial charge in [-0.1, -0.05) is 18.2 Å². The van der Waals surface area contributed by atoms with Crippen molar-refractivity contribution < 1.29 is 4.92 Å². The molecule has 0 aliphatic carbocycles. The smallest absolute Gasteiger partial charge is 0.258 e. The largest absolute Gasteiger partial charge is 0.269 e. The highest BCUT2D eigenvalue weighted by atomic mass is 32.1. The van der Waals surface area contributed by atoms with Crippen LogP contribution < -0.4 is 0 Å². The number of rotatable bonds is 5. The second-order valence-corrected chi connectivity index (χ2v) is 8.48. The van der Waals surface area contributed by atoms with Crippen molar-refractivity contribution in [2.75, 3.05) is 0 Å². The molecule has 0 atom stereocenters. The summed E-state index contributed by atoms with van der Waals surface area (Å²) in [5, 5.41) is 14.9. The minimum absolute atomic E-state index is 0.109. The standard InChI is InChI=1S/C20H13NO2S3/c22-21(23)16-7-4-14(5-8-16)3-6-15-11-13-25-20(15)19-10-9-18(26-19)17-2-1-12-24-17/h1-13H/b6-3+. The van der Waals surface area contributed by atoms with Crippen molar-refractivity contribution in [2.24, 2.45) is 0 Å². The summed E-state index contributed by atoms with van der Waals surface area (Å²) in [4.78, 5) is 15.4. The molecule has 0 aliphatic rings. The molecule has 4 aromatic rings. The number of nitro benzene ring substituents is 1. The number of nitro groups is 1. The van der Waals surface area contributed by atoms with E-state index in [0.29, 0.717) is 0 Å². The molecule has 0 unspecified atom stereocenters. The van der Waals surface area contributed by atoms with Gasteiger partial charge in [0.1, 0.15) is 0 Å². The molecule has 0 radical (unpaired) electrons. The monoisotopic (exact) mass is 395 g/mol. The fraction of sp³-hybridized carbons (Fsp3) is 0. The molecule has 0 amide bonds. The van der Waals surface area contributed by atoms with E-state index in [1.54, 1.807) is 46.1 Å². The van der Waals surface area contributed by atoms with Crippen molar-refractivity contribution >= 4 is 51.8 Å². The van der Waals surface area contributed by atoms with Crippen molar-refractivity contribution in [1.82, 2.24) is 0 Å². The Morgan fingerprint density at radius 1 is 0.808 bits per heavy atom. The van der Waals surface area contributed by atoms with E-state index in [0.717, 1.165) is 11.1 Å². The Morgan fingerprint density at radius 3 is 2.35 bits per heavy atom. The van der Waals surface area contributed by atoms with E-state index < -0.39 is 0 Å². The van der Waals surface area contributed by atoms with Crippen LogP contribution in [0.1, 0.15) is 11.1 Å². The number of non-ortho nitro benzene ring substituents is 1. The quantitative estimate of drug-likeness (QED) is 0.263. The van der Waals surface area contributed by atoms with Crippen LogP contribution in [-0.2, 0) is 0 Å². The van der Waals surface area contributed by atoms with Crippen LogP contribution in [0.2, 0.25) is 0 Å². The zero-order valence-corrected chi connectivity index (χ0v) is 15.9. The second kappa shape index (κ2) is 7.37. The first-order chi connectivity index (χ1) is 12.7. The number of hydrogen-bond donors (Lipinski definition) is 0. The van der Waals surface area contributed by atoms with Gasteiger partial charge in [-0.05, 0) is 58.3 Å². The molecule has 0 saturated carbocycles. The molecule has 3 aromatic heterocycles. The number of nitrogens with zero attached hydrogens (tertiary/aromatic N) is 1. The highest BCUT2D eigenvalue weighted by molar-refractivity contribution is 7.25. The van der Waals surface area contributed by atoms with E-state index in [2.05, 4.69) is 47.2 Å². The molecule has 3 nitrogen and oxygen atoms in total. The van der Waals surface area contributed by atoms with E-state index in [1.807, 2.05) is 6.08 Å². The minimum atomic E-state index is -0.382. The Kier molecular flexibility index (Phi) is 4.79. The third-order valence-electron chi connectivity index (χ3n) is 3.85. The van der Waals surface area contributed by atoms with Gasteiger partial charge in [-0.2, -0.15) is 0 Å². The van der Waals surface area contributed by atoms with Gasteiger partial charge < -0.3 is 0 Å². The predicted molar refractivity (Wildman–Crippen MR) is 113 cm³/mol. The van der Waals surface area contributed by atoms with E-state index in [1.165, 1.54) is 31.6 Å². The molecule has 128 valence electrons. The third kappa shape index (κ3) is 3.53. The highest BCUT2D eigenvalue weighted by Crippen LogP contribution is 2.40. The molecule has 1 aromatic carbocycles. The Balaban J connectivity index is 1.58. The normalized spacial score (nSPS) is 11.2. The maximum Gasteiger partial charge on any atom is 0.269 e. The zero-order valence-electron chi connectivity index (χ0n) is 13.5. The molecule has 26 heavy (non-hydrogen) atoms. The second-order valence-electron chi connectivity index (χ2n) is 5.53. The Labute approximate surface area is 162 Å². The van der Waals surface area contributed by atoms with Crippen molar-refractivity contribution in [3.05, 3.63) is 86.6 Å². The maximum atomic E-state index is 10.7. The number of benzene rings is 1. The molecule has 3 heterocycles. The SMILES string of the molecule is O=[N+]([O-])c1ccc(/C=C/c2ccsc2-c2ccc(-c3cccs3)s2)cc1. The fourth-order valence-corrected chi connectivity index (χ4v) is 5.43. The van der Waals surface area contributed by atoms with Gasteiger partial charge in [-0.25, -0.2) is 0 Å². The molecular formula is C20H13NO2S3. The molecule has 0 fully saturated rings. The summed E-state index contributed by atoms with van der Waals surface area (Å²) >= 11 is 5.28. The maximum absolute atomic E-state index is 10.7. The van der Waals surface area contributed by atoms with Gasteiger partial charge in [0, 0.05) is 26.8 Å². The summed E-state index contributed by atoms with van der Waals surface area (Å²) in [6.45, 7) is 0. The Bertz CT molecular complexity index is 1060. The van der Waals surface area contributed by atoms with Crippen LogP contribution in [0.3, 0.4) is 0 Å². The van der Waals surface area contributed by atoms with Crippen LogP contribution in [0.15, 0.2) is 65.4 Å².